The minimum absolute atomic E-state index is 0.346. The van der Waals surface area contributed by atoms with Crippen LogP contribution < -0.4 is 15.5 Å². The van der Waals surface area contributed by atoms with Crippen molar-refractivity contribution < 1.29 is 4.79 Å². The molecule has 3 saturated carbocycles. The fraction of sp³-hybridized carbons (Fsp3) is 0.548. The molecule has 2 bridgehead atoms. The van der Waals surface area contributed by atoms with Gasteiger partial charge in [-0.15, -0.1) is 0 Å². The van der Waals surface area contributed by atoms with Crippen molar-refractivity contribution in [3.63, 3.8) is 0 Å². The number of carbonyl (C=O) groups excluding carboxylic acids is 1. The van der Waals surface area contributed by atoms with Gasteiger partial charge in [0.2, 0.25) is 6.41 Å². The Hall–Kier alpha value is -2.28. The number of hydrogen-bond acceptors (Lipinski definition) is 3. The maximum Gasteiger partial charge on any atom is 0.214 e. The quantitative estimate of drug-likeness (QED) is 0.232. The smallest absolute Gasteiger partial charge is 0.214 e. The maximum absolute atomic E-state index is 11.9. The number of hydrogen-bond donors (Lipinski definition) is 2. The van der Waals surface area contributed by atoms with Crippen LogP contribution >= 0.6 is 23.2 Å². The Balaban J connectivity index is 1.29. The number of nitrogens with one attached hydrogen (secondary N) is 2. The van der Waals surface area contributed by atoms with Crippen LogP contribution in [0.2, 0.25) is 10.0 Å². The molecule has 6 nitrogen and oxygen atoms in total. The predicted molar refractivity (Wildman–Crippen MR) is 163 cm³/mol. The first-order valence-electron chi connectivity index (χ1n) is 14.2. The van der Waals surface area contributed by atoms with Crippen molar-refractivity contribution in [2.75, 3.05) is 36.4 Å². The molecule has 1 saturated heterocycles. The number of halogens is 2. The number of fused-ring (bicyclic) bond motifs is 2. The zero-order valence-electron chi connectivity index (χ0n) is 23.5. The fourth-order valence-electron chi connectivity index (χ4n) is 6.84. The van der Waals surface area contributed by atoms with Gasteiger partial charge in [0, 0.05) is 53.6 Å². The van der Waals surface area contributed by atoms with E-state index in [4.69, 9.17) is 28.2 Å². The summed E-state index contributed by atoms with van der Waals surface area (Å²) < 4.78 is 0. The number of carbonyl (C=O) groups is 1. The van der Waals surface area contributed by atoms with E-state index in [-0.39, 0.29) is 0 Å². The Labute approximate surface area is 243 Å². The molecular formula is C31H41Cl2N5O. The molecule has 3 aliphatic carbocycles. The highest BCUT2D eigenvalue weighted by atomic mass is 35.5. The van der Waals surface area contributed by atoms with Crippen molar-refractivity contribution in [1.29, 1.82) is 0 Å². The summed E-state index contributed by atoms with van der Waals surface area (Å²) in [4.78, 5) is 21.4. The molecule has 0 radical (unpaired) electrons. The Morgan fingerprint density at radius 3 is 2.59 bits per heavy atom. The molecule has 0 unspecified atom stereocenters. The summed E-state index contributed by atoms with van der Waals surface area (Å²) in [5.74, 6) is 3.08. The van der Waals surface area contributed by atoms with Crippen LogP contribution in [0.5, 0.6) is 0 Å². The van der Waals surface area contributed by atoms with E-state index in [9.17, 15) is 4.79 Å². The lowest BCUT2D eigenvalue weighted by molar-refractivity contribution is -0.108. The number of amides is 1. The van der Waals surface area contributed by atoms with Crippen LogP contribution in [0.15, 0.2) is 47.5 Å². The molecule has 6 rings (SSSR count). The van der Waals surface area contributed by atoms with Gasteiger partial charge >= 0.3 is 0 Å². The summed E-state index contributed by atoms with van der Waals surface area (Å²) in [7, 11) is 0. The molecule has 5 atom stereocenters. The van der Waals surface area contributed by atoms with Gasteiger partial charge in [0.25, 0.3) is 0 Å². The van der Waals surface area contributed by atoms with Crippen molar-refractivity contribution >= 4 is 46.9 Å². The molecule has 4 fully saturated rings. The number of rotatable bonds is 7. The first kappa shape index (κ1) is 28.3. The Bertz CT molecular complexity index is 1200. The summed E-state index contributed by atoms with van der Waals surface area (Å²) in [6.45, 7) is 12.8. The number of aliphatic imine (C=N–C) groups is 1. The lowest BCUT2D eigenvalue weighted by Crippen LogP contribution is -2.57. The Morgan fingerprint density at radius 1 is 1.18 bits per heavy atom. The van der Waals surface area contributed by atoms with Crippen LogP contribution in [0.4, 0.5) is 11.4 Å². The summed E-state index contributed by atoms with van der Waals surface area (Å²) in [6, 6.07) is 14.3. The second-order valence-corrected chi connectivity index (χ2v) is 13.1. The molecule has 4 aliphatic rings. The second kappa shape index (κ2) is 11.7. The fourth-order valence-corrected chi connectivity index (χ4v) is 7.34. The molecule has 2 aromatic rings. The molecule has 8 heteroatoms. The van der Waals surface area contributed by atoms with Gasteiger partial charge in [-0.05, 0) is 91.3 Å². The van der Waals surface area contributed by atoms with E-state index in [1.54, 1.807) is 11.0 Å². The van der Waals surface area contributed by atoms with E-state index in [2.05, 4.69) is 43.2 Å². The first-order chi connectivity index (χ1) is 18.7. The maximum atomic E-state index is 11.9. The molecule has 1 aliphatic heterocycles. The molecule has 0 aromatic heterocycles. The van der Waals surface area contributed by atoms with E-state index in [0.717, 1.165) is 60.8 Å². The summed E-state index contributed by atoms with van der Waals surface area (Å²) in [5, 5.41) is 8.43. The molecule has 2 aromatic carbocycles. The lowest BCUT2D eigenvalue weighted by Gasteiger charge is -2.61. The van der Waals surface area contributed by atoms with Crippen LogP contribution in [0.25, 0.3) is 0 Å². The van der Waals surface area contributed by atoms with Crippen LogP contribution in [0.3, 0.4) is 0 Å². The van der Waals surface area contributed by atoms with Gasteiger partial charge in [0.15, 0.2) is 5.96 Å². The SMILES string of the molecule is C[C@H]1[C@H](/N=C(\Nc2ccc(N(C=O)CCc3ccc(Cl)cc3Cl)cc2)N2CCN[C@@H](C)C2)C[C@@H]2C[C@@H]1C2(C)C. The van der Waals surface area contributed by atoms with Crippen LogP contribution in [0, 0.1) is 23.2 Å². The van der Waals surface area contributed by atoms with Gasteiger partial charge in [-0.1, -0.05) is 50.0 Å². The normalized spacial score (nSPS) is 28.0. The number of anilines is 2. The molecule has 1 heterocycles. The standard InChI is InChI=1S/C31H41Cl2N5O/c1-20-18-37(14-12-34-20)30(36-29-16-23-15-27(21(29)2)31(23,3)4)35-25-7-9-26(10-8-25)38(19-39)13-11-22-5-6-24(32)17-28(22)33/h5-10,17,19-21,23,27,29,34H,11-16,18H2,1-4H3,(H,35,36)/t20-,21+,23-,27-,29+/m0/s1. The molecular weight excluding hydrogens is 529 g/mol. The molecule has 39 heavy (non-hydrogen) atoms. The predicted octanol–water partition coefficient (Wildman–Crippen LogP) is 6.33. The first-order valence-corrected chi connectivity index (χ1v) is 15.0. The van der Waals surface area contributed by atoms with E-state index in [1.807, 2.05) is 36.4 Å². The van der Waals surface area contributed by atoms with Crippen molar-refractivity contribution in [2.24, 2.45) is 28.2 Å². The van der Waals surface area contributed by atoms with Gasteiger partial charge < -0.3 is 20.4 Å². The third-order valence-electron chi connectivity index (χ3n) is 9.49. The zero-order chi connectivity index (χ0) is 27.7. The lowest BCUT2D eigenvalue weighted by atomic mass is 9.45. The third-order valence-corrected chi connectivity index (χ3v) is 10.1. The van der Waals surface area contributed by atoms with Gasteiger partial charge in [-0.2, -0.15) is 0 Å². The number of guanidine groups is 1. The van der Waals surface area contributed by atoms with E-state index >= 15 is 0 Å². The highest BCUT2D eigenvalue weighted by Gasteiger charge is 2.56. The average Bonchev–Trinajstić information content (AvgIpc) is 2.91. The molecule has 0 spiro atoms. The van der Waals surface area contributed by atoms with E-state index in [1.165, 1.54) is 12.8 Å². The average molecular weight is 571 g/mol. The summed E-state index contributed by atoms with van der Waals surface area (Å²) in [6.07, 6.45) is 4.04. The third kappa shape index (κ3) is 6.08. The van der Waals surface area contributed by atoms with Crippen molar-refractivity contribution in [2.45, 2.75) is 59.0 Å². The largest absolute Gasteiger partial charge is 0.340 e. The minimum Gasteiger partial charge on any atom is -0.340 e. The van der Waals surface area contributed by atoms with Crippen molar-refractivity contribution in [3.8, 4) is 0 Å². The highest BCUT2D eigenvalue weighted by molar-refractivity contribution is 6.35. The highest BCUT2D eigenvalue weighted by Crippen LogP contribution is 2.61. The monoisotopic (exact) mass is 569 g/mol. The van der Waals surface area contributed by atoms with E-state index in [0.29, 0.717) is 46.4 Å². The molecule has 1 amide bonds. The zero-order valence-corrected chi connectivity index (χ0v) is 25.0. The number of benzene rings is 2. The Kier molecular flexibility index (Phi) is 8.46. The van der Waals surface area contributed by atoms with Crippen LogP contribution in [-0.2, 0) is 11.2 Å². The van der Waals surface area contributed by atoms with Crippen LogP contribution in [0.1, 0.15) is 46.1 Å². The summed E-state index contributed by atoms with van der Waals surface area (Å²) in [5.41, 5.74) is 3.24. The minimum atomic E-state index is 0.346. The number of nitrogens with zero attached hydrogens (tertiary/aromatic N) is 3. The Morgan fingerprint density at radius 2 is 1.95 bits per heavy atom. The molecule has 210 valence electrons. The van der Waals surface area contributed by atoms with Crippen molar-refractivity contribution in [3.05, 3.63) is 58.1 Å². The van der Waals surface area contributed by atoms with Crippen LogP contribution in [-0.4, -0.2) is 55.5 Å². The van der Waals surface area contributed by atoms with Gasteiger partial charge in [0.05, 0.1) is 6.04 Å². The topological polar surface area (TPSA) is 60.0 Å². The second-order valence-electron chi connectivity index (χ2n) is 12.2. The van der Waals surface area contributed by atoms with Crippen molar-refractivity contribution in [1.82, 2.24) is 10.2 Å². The van der Waals surface area contributed by atoms with Gasteiger partial charge in [-0.3, -0.25) is 4.79 Å². The number of piperazine rings is 1. The molecule has 2 N–H and O–H groups in total. The van der Waals surface area contributed by atoms with E-state index < -0.39 is 0 Å². The summed E-state index contributed by atoms with van der Waals surface area (Å²) >= 11 is 12.3. The van der Waals surface area contributed by atoms with Gasteiger partial charge in [0.1, 0.15) is 0 Å². The van der Waals surface area contributed by atoms with Gasteiger partial charge in [-0.25, -0.2) is 4.99 Å².